The van der Waals surface area contributed by atoms with Crippen molar-refractivity contribution in [1.29, 1.82) is 0 Å². The minimum Gasteiger partial charge on any atom is -0.0622 e. The van der Waals surface area contributed by atoms with Crippen LogP contribution in [0.5, 0.6) is 0 Å². The molecule has 2 aromatic carbocycles. The van der Waals surface area contributed by atoms with Crippen molar-refractivity contribution in [1.82, 2.24) is 0 Å². The highest BCUT2D eigenvalue weighted by molar-refractivity contribution is 5.31. The fourth-order valence-electron chi connectivity index (χ4n) is 2.70. The highest BCUT2D eigenvalue weighted by Gasteiger charge is 2.32. The Kier molecular flexibility index (Phi) is 2.49. The third-order valence-corrected chi connectivity index (χ3v) is 3.73. The van der Waals surface area contributed by atoms with Gasteiger partial charge < -0.3 is 0 Å². The zero-order valence-corrected chi connectivity index (χ0v) is 9.34. The zero-order valence-electron chi connectivity index (χ0n) is 9.34. The average Bonchev–Trinajstić information content (AvgIpc) is 2.30. The van der Waals surface area contributed by atoms with Crippen LogP contribution in [0.15, 0.2) is 60.7 Å². The molecule has 0 radical (unpaired) electrons. The van der Waals surface area contributed by atoms with Gasteiger partial charge in [-0.15, -0.1) is 0 Å². The summed E-state index contributed by atoms with van der Waals surface area (Å²) in [6.45, 7) is 0. The summed E-state index contributed by atoms with van der Waals surface area (Å²) < 4.78 is 0. The fraction of sp³-hybridized carbons (Fsp3) is 0.250. The van der Waals surface area contributed by atoms with E-state index in [0.717, 1.165) is 11.8 Å². The van der Waals surface area contributed by atoms with E-state index in [1.54, 1.807) is 0 Å². The molecule has 2 aromatic rings. The molecular weight excluding hydrogens is 192 g/mol. The number of rotatable bonds is 2. The van der Waals surface area contributed by atoms with Gasteiger partial charge in [0.15, 0.2) is 0 Å². The molecule has 2 atom stereocenters. The van der Waals surface area contributed by atoms with Gasteiger partial charge in [-0.3, -0.25) is 0 Å². The molecule has 0 nitrogen and oxygen atoms in total. The molecule has 1 saturated carbocycles. The van der Waals surface area contributed by atoms with E-state index >= 15 is 0 Å². The van der Waals surface area contributed by atoms with Crippen molar-refractivity contribution in [2.24, 2.45) is 0 Å². The van der Waals surface area contributed by atoms with Gasteiger partial charge in [0.25, 0.3) is 0 Å². The van der Waals surface area contributed by atoms with Gasteiger partial charge in [0.05, 0.1) is 0 Å². The van der Waals surface area contributed by atoms with Crippen molar-refractivity contribution in [3.05, 3.63) is 71.8 Å². The van der Waals surface area contributed by atoms with E-state index in [1.807, 2.05) is 0 Å². The van der Waals surface area contributed by atoms with Gasteiger partial charge in [-0.25, -0.2) is 0 Å². The van der Waals surface area contributed by atoms with Crippen molar-refractivity contribution in [2.45, 2.75) is 24.7 Å². The van der Waals surface area contributed by atoms with Crippen LogP contribution in [-0.4, -0.2) is 0 Å². The first-order valence-electron chi connectivity index (χ1n) is 6.05. The Morgan fingerprint density at radius 3 is 1.25 bits per heavy atom. The summed E-state index contributed by atoms with van der Waals surface area (Å²) >= 11 is 0. The van der Waals surface area contributed by atoms with E-state index in [2.05, 4.69) is 60.7 Å². The monoisotopic (exact) mass is 208 g/mol. The van der Waals surface area contributed by atoms with Crippen molar-refractivity contribution in [2.75, 3.05) is 0 Å². The fourth-order valence-corrected chi connectivity index (χ4v) is 2.70. The van der Waals surface area contributed by atoms with Crippen molar-refractivity contribution >= 4 is 0 Å². The first-order valence-corrected chi connectivity index (χ1v) is 6.05. The van der Waals surface area contributed by atoms with Gasteiger partial charge in [-0.1, -0.05) is 60.7 Å². The van der Waals surface area contributed by atoms with Crippen LogP contribution in [0, 0.1) is 0 Å². The highest BCUT2D eigenvalue weighted by atomic mass is 14.4. The minimum atomic E-state index is 0.739. The van der Waals surface area contributed by atoms with Crippen LogP contribution >= 0.6 is 0 Å². The van der Waals surface area contributed by atoms with E-state index in [9.17, 15) is 0 Å². The Labute approximate surface area is 96.9 Å². The molecule has 16 heavy (non-hydrogen) atoms. The molecule has 0 bridgehead atoms. The van der Waals surface area contributed by atoms with E-state index in [1.165, 1.54) is 24.0 Å². The summed E-state index contributed by atoms with van der Waals surface area (Å²) in [5.41, 5.74) is 3.00. The summed E-state index contributed by atoms with van der Waals surface area (Å²) in [6, 6.07) is 21.8. The molecule has 1 fully saturated rings. The van der Waals surface area contributed by atoms with Crippen LogP contribution in [0.2, 0.25) is 0 Å². The van der Waals surface area contributed by atoms with E-state index in [4.69, 9.17) is 0 Å². The Morgan fingerprint density at radius 2 is 0.938 bits per heavy atom. The van der Waals surface area contributed by atoms with Crippen LogP contribution in [-0.2, 0) is 0 Å². The predicted molar refractivity (Wildman–Crippen MR) is 67.6 cm³/mol. The number of hydrogen-bond donors (Lipinski definition) is 0. The predicted octanol–water partition coefficient (Wildman–Crippen LogP) is 4.35. The quantitative estimate of drug-likeness (QED) is 0.688. The smallest absolute Gasteiger partial charge is 0.00929 e. The molecular formula is C16H16. The van der Waals surface area contributed by atoms with E-state index < -0.39 is 0 Å². The lowest BCUT2D eigenvalue weighted by molar-refractivity contribution is 0.346. The molecule has 0 aliphatic heterocycles. The van der Waals surface area contributed by atoms with Crippen LogP contribution in [0.4, 0.5) is 0 Å². The van der Waals surface area contributed by atoms with Gasteiger partial charge in [0, 0.05) is 0 Å². The van der Waals surface area contributed by atoms with Gasteiger partial charge in [-0.05, 0) is 35.8 Å². The molecule has 0 saturated heterocycles. The lowest BCUT2D eigenvalue weighted by atomic mass is 9.67. The van der Waals surface area contributed by atoms with Crippen molar-refractivity contribution in [3.8, 4) is 0 Å². The standard InChI is InChI=1S/C16H16/c1-3-7-13(8-4-1)15-11-12-16(15)14-9-5-2-6-10-14/h1-10,15-16H,11-12H2/t15-,16+. The van der Waals surface area contributed by atoms with Crippen LogP contribution in [0.25, 0.3) is 0 Å². The Bertz CT molecular complexity index is 398. The molecule has 0 N–H and O–H groups in total. The maximum absolute atomic E-state index is 2.26. The van der Waals surface area contributed by atoms with Gasteiger partial charge >= 0.3 is 0 Å². The first-order chi connectivity index (χ1) is 7.95. The molecule has 0 heteroatoms. The van der Waals surface area contributed by atoms with Crippen molar-refractivity contribution < 1.29 is 0 Å². The third-order valence-electron chi connectivity index (χ3n) is 3.73. The zero-order chi connectivity index (χ0) is 10.8. The molecule has 0 amide bonds. The van der Waals surface area contributed by atoms with Crippen LogP contribution in [0.1, 0.15) is 35.8 Å². The lowest BCUT2D eigenvalue weighted by Crippen LogP contribution is -2.21. The topological polar surface area (TPSA) is 0 Å². The van der Waals surface area contributed by atoms with Crippen LogP contribution in [0.3, 0.4) is 0 Å². The number of hydrogen-bond acceptors (Lipinski definition) is 0. The second-order valence-corrected chi connectivity index (χ2v) is 4.61. The summed E-state index contributed by atoms with van der Waals surface area (Å²) in [5.74, 6) is 1.48. The molecule has 0 heterocycles. The minimum absolute atomic E-state index is 0.739. The average molecular weight is 208 g/mol. The molecule has 80 valence electrons. The Balaban J connectivity index is 1.85. The van der Waals surface area contributed by atoms with Gasteiger partial charge in [0.1, 0.15) is 0 Å². The van der Waals surface area contributed by atoms with Gasteiger partial charge in [0.2, 0.25) is 0 Å². The molecule has 1 aliphatic rings. The number of benzene rings is 2. The molecule has 0 unspecified atom stereocenters. The second-order valence-electron chi connectivity index (χ2n) is 4.61. The maximum Gasteiger partial charge on any atom is -0.00929 e. The lowest BCUT2D eigenvalue weighted by Gasteiger charge is -2.37. The van der Waals surface area contributed by atoms with Gasteiger partial charge in [-0.2, -0.15) is 0 Å². The first kappa shape index (κ1) is 9.65. The summed E-state index contributed by atoms with van der Waals surface area (Å²) in [6.07, 6.45) is 2.67. The molecule has 0 spiro atoms. The largest absolute Gasteiger partial charge is 0.0622 e. The van der Waals surface area contributed by atoms with Crippen LogP contribution < -0.4 is 0 Å². The normalized spacial score (nSPS) is 23.8. The summed E-state index contributed by atoms with van der Waals surface area (Å²) in [5, 5.41) is 0. The molecule has 0 aromatic heterocycles. The highest BCUT2D eigenvalue weighted by Crippen LogP contribution is 2.48. The maximum atomic E-state index is 2.26. The molecule has 3 rings (SSSR count). The Morgan fingerprint density at radius 1 is 0.562 bits per heavy atom. The van der Waals surface area contributed by atoms with Crippen molar-refractivity contribution in [3.63, 3.8) is 0 Å². The Hall–Kier alpha value is -1.56. The SMILES string of the molecule is c1ccc([C@H]2CC[C@H]2c2ccccc2)cc1. The third kappa shape index (κ3) is 1.65. The summed E-state index contributed by atoms with van der Waals surface area (Å²) in [4.78, 5) is 0. The van der Waals surface area contributed by atoms with E-state index in [0.29, 0.717) is 0 Å². The molecule has 1 aliphatic carbocycles. The summed E-state index contributed by atoms with van der Waals surface area (Å²) in [7, 11) is 0. The second kappa shape index (κ2) is 4.13. The van der Waals surface area contributed by atoms with E-state index in [-0.39, 0.29) is 0 Å².